The van der Waals surface area contributed by atoms with Gasteiger partial charge in [0, 0.05) is 12.1 Å². The van der Waals surface area contributed by atoms with E-state index >= 15 is 0 Å². The van der Waals surface area contributed by atoms with Crippen molar-refractivity contribution in [3.63, 3.8) is 0 Å². The average molecular weight is 327 g/mol. The predicted molar refractivity (Wildman–Crippen MR) is 94.6 cm³/mol. The molecule has 0 fully saturated rings. The summed E-state index contributed by atoms with van der Waals surface area (Å²) in [5.74, 6) is -0.162. The minimum atomic E-state index is -0.359. The number of nitrogens with zero attached hydrogens (tertiary/aromatic N) is 2. The van der Waals surface area contributed by atoms with E-state index < -0.39 is 0 Å². The fourth-order valence-corrected chi connectivity index (χ4v) is 1.94. The number of aromatic hydroxyl groups is 1. The Labute approximate surface area is 141 Å². The van der Waals surface area contributed by atoms with Crippen LogP contribution in [0.25, 0.3) is 6.08 Å². The van der Waals surface area contributed by atoms with Gasteiger partial charge >= 0.3 is 0 Å². The van der Waals surface area contributed by atoms with Gasteiger partial charge in [-0.2, -0.15) is 0 Å². The molecule has 0 radical (unpaired) electrons. The fourth-order valence-electron chi connectivity index (χ4n) is 1.94. The van der Waals surface area contributed by atoms with Gasteiger partial charge < -0.3 is 14.8 Å². The van der Waals surface area contributed by atoms with E-state index in [1.54, 1.807) is 54.6 Å². The summed E-state index contributed by atoms with van der Waals surface area (Å²) < 4.78 is 14.0. The smallest absolute Gasteiger partial charge is 0.132 e. The lowest BCUT2D eigenvalue weighted by Crippen LogP contribution is -2.17. The third-order valence-corrected chi connectivity index (χ3v) is 3.27. The van der Waals surface area contributed by atoms with Crippen molar-refractivity contribution < 1.29 is 14.3 Å². The van der Waals surface area contributed by atoms with Crippen molar-refractivity contribution in [3.05, 3.63) is 71.6 Å². The molecule has 0 saturated carbocycles. The van der Waals surface area contributed by atoms with Gasteiger partial charge in [-0.1, -0.05) is 35.5 Å². The van der Waals surface area contributed by atoms with Crippen LogP contribution in [0.2, 0.25) is 0 Å². The normalized spacial score (nSPS) is 12.1. The summed E-state index contributed by atoms with van der Waals surface area (Å²) in [6.45, 7) is 1.13. The molecule has 126 valence electrons. The standard InChI is InChI=1S/C19H21FN2O2/c1-22(2)13-14-24-21-19(17-5-3-4-6-18(17)20)12-9-15-7-10-16(23)11-8-15/h3-12,23H,13-14H2,1-2H3/b12-9+,21-19-/i20-1. The van der Waals surface area contributed by atoms with E-state index in [9.17, 15) is 9.50 Å². The first-order valence-corrected chi connectivity index (χ1v) is 7.63. The van der Waals surface area contributed by atoms with Crippen molar-refractivity contribution in [2.24, 2.45) is 5.16 Å². The maximum absolute atomic E-state index is 14.0. The van der Waals surface area contributed by atoms with E-state index in [-0.39, 0.29) is 11.6 Å². The maximum Gasteiger partial charge on any atom is 0.132 e. The molecule has 0 aliphatic rings. The lowest BCUT2D eigenvalue weighted by atomic mass is 10.1. The van der Waals surface area contributed by atoms with E-state index in [1.807, 2.05) is 19.0 Å². The topological polar surface area (TPSA) is 45.1 Å². The molecule has 0 spiro atoms. The van der Waals surface area contributed by atoms with Crippen molar-refractivity contribution in [2.45, 2.75) is 0 Å². The first-order chi connectivity index (χ1) is 11.6. The highest BCUT2D eigenvalue weighted by molar-refractivity contribution is 6.10. The van der Waals surface area contributed by atoms with Crippen molar-refractivity contribution in [3.8, 4) is 5.75 Å². The van der Waals surface area contributed by atoms with Gasteiger partial charge in [0.25, 0.3) is 0 Å². The Bertz CT molecular complexity index is 710. The number of halogens is 1. The van der Waals surface area contributed by atoms with E-state index in [0.717, 1.165) is 12.1 Å². The Morgan fingerprint density at radius 1 is 1.17 bits per heavy atom. The first kappa shape index (κ1) is 17.7. The van der Waals surface area contributed by atoms with Gasteiger partial charge in [0.1, 0.15) is 23.9 Å². The quantitative estimate of drug-likeness (QED) is 0.481. The van der Waals surface area contributed by atoms with Crippen LogP contribution < -0.4 is 0 Å². The zero-order valence-electron chi connectivity index (χ0n) is 13.8. The van der Waals surface area contributed by atoms with E-state index in [2.05, 4.69) is 5.16 Å². The molecule has 0 aliphatic heterocycles. The molecule has 1 N–H and O–H groups in total. The third kappa shape index (κ3) is 5.52. The van der Waals surface area contributed by atoms with Crippen LogP contribution in [0.4, 0.5) is 4.39 Å². The minimum Gasteiger partial charge on any atom is -0.508 e. The number of rotatable bonds is 7. The molecule has 2 aromatic rings. The highest BCUT2D eigenvalue weighted by atomic mass is 18.2. The summed E-state index contributed by atoms with van der Waals surface area (Å²) in [6.07, 6.45) is 3.49. The van der Waals surface area contributed by atoms with Crippen LogP contribution in [0.15, 0.2) is 59.8 Å². The van der Waals surface area contributed by atoms with Gasteiger partial charge in [0.15, 0.2) is 0 Å². The summed E-state index contributed by atoms with van der Waals surface area (Å²) in [5.41, 5.74) is 1.64. The number of likely N-dealkylation sites (N-methyl/N-ethyl adjacent to an activating group) is 1. The molecule has 0 bridgehead atoms. The summed E-state index contributed by atoms with van der Waals surface area (Å²) in [7, 11) is 3.88. The van der Waals surface area contributed by atoms with Crippen LogP contribution in [0, 0.1) is 5.82 Å². The lowest BCUT2D eigenvalue weighted by Gasteiger charge is -2.08. The van der Waals surface area contributed by atoms with Gasteiger partial charge in [-0.3, -0.25) is 0 Å². The van der Waals surface area contributed by atoms with Crippen LogP contribution in [-0.4, -0.2) is 43.0 Å². The van der Waals surface area contributed by atoms with Crippen LogP contribution in [-0.2, 0) is 4.84 Å². The van der Waals surface area contributed by atoms with Crippen LogP contribution in [0.5, 0.6) is 5.75 Å². The number of phenols is 1. The summed E-state index contributed by atoms with van der Waals surface area (Å²) in [5, 5.41) is 13.4. The Kier molecular flexibility index (Phi) is 6.51. The van der Waals surface area contributed by atoms with Crippen LogP contribution >= 0.6 is 0 Å². The zero-order valence-corrected chi connectivity index (χ0v) is 13.8. The number of oxime groups is 1. The van der Waals surface area contributed by atoms with Crippen molar-refractivity contribution in [1.29, 1.82) is 0 Å². The van der Waals surface area contributed by atoms with Crippen LogP contribution in [0.1, 0.15) is 11.1 Å². The Morgan fingerprint density at radius 2 is 1.88 bits per heavy atom. The average Bonchev–Trinajstić information content (AvgIpc) is 2.56. The van der Waals surface area contributed by atoms with Gasteiger partial charge in [-0.05, 0) is 50.0 Å². The second-order valence-corrected chi connectivity index (χ2v) is 5.52. The number of phenolic OH excluding ortho intramolecular Hbond substituents is 1. The first-order valence-electron chi connectivity index (χ1n) is 7.63. The van der Waals surface area contributed by atoms with E-state index in [4.69, 9.17) is 4.84 Å². The molecule has 5 heteroatoms. The van der Waals surface area contributed by atoms with E-state index in [0.29, 0.717) is 17.9 Å². The molecular formula is C19H21FN2O2. The summed E-state index contributed by atoms with van der Waals surface area (Å²) in [6, 6.07) is 13.1. The SMILES string of the molecule is CN(C)CCO/N=C(/C=C/c1ccc(O)cc1)c1ccccc1[18F]. The monoisotopic (exact) mass is 327 g/mol. The number of hydrogen-bond donors (Lipinski definition) is 1. The van der Waals surface area contributed by atoms with Crippen molar-refractivity contribution in [2.75, 3.05) is 27.2 Å². The predicted octanol–water partition coefficient (Wildman–Crippen LogP) is 3.53. The third-order valence-electron chi connectivity index (χ3n) is 3.27. The molecule has 0 amide bonds. The fraction of sp³-hybridized carbons (Fsp3) is 0.211. The van der Waals surface area contributed by atoms with E-state index in [1.165, 1.54) is 6.07 Å². The molecule has 2 rings (SSSR count). The van der Waals surface area contributed by atoms with Gasteiger partial charge in [-0.25, -0.2) is 4.39 Å². The lowest BCUT2D eigenvalue weighted by molar-refractivity contribution is 0.126. The van der Waals surface area contributed by atoms with Crippen LogP contribution in [0.3, 0.4) is 0 Å². The highest BCUT2D eigenvalue weighted by Gasteiger charge is 2.07. The molecule has 0 aliphatic carbocycles. The maximum atomic E-state index is 14.0. The number of hydrogen-bond acceptors (Lipinski definition) is 4. The number of allylic oxidation sites excluding steroid dienone is 1. The molecule has 0 aromatic heterocycles. The molecule has 24 heavy (non-hydrogen) atoms. The zero-order chi connectivity index (χ0) is 17.4. The summed E-state index contributed by atoms with van der Waals surface area (Å²) in [4.78, 5) is 7.29. The largest absolute Gasteiger partial charge is 0.508 e. The van der Waals surface area contributed by atoms with Gasteiger partial charge in [-0.15, -0.1) is 0 Å². The second-order valence-electron chi connectivity index (χ2n) is 5.52. The molecule has 4 nitrogen and oxygen atoms in total. The Hall–Kier alpha value is -2.66. The molecule has 0 saturated heterocycles. The Balaban J connectivity index is 2.20. The van der Waals surface area contributed by atoms with Gasteiger partial charge in [0.05, 0.1) is 0 Å². The molecule has 0 atom stereocenters. The van der Waals surface area contributed by atoms with Crippen molar-refractivity contribution >= 4 is 11.8 Å². The second kappa shape index (κ2) is 8.84. The Morgan fingerprint density at radius 3 is 2.54 bits per heavy atom. The molecule has 0 heterocycles. The highest BCUT2D eigenvalue weighted by Crippen LogP contribution is 2.13. The van der Waals surface area contributed by atoms with Crippen molar-refractivity contribution in [1.82, 2.24) is 4.90 Å². The summed E-state index contributed by atoms with van der Waals surface area (Å²) >= 11 is 0. The number of benzene rings is 2. The molecular weight excluding hydrogens is 306 g/mol. The van der Waals surface area contributed by atoms with Gasteiger partial charge in [0.2, 0.25) is 0 Å². The molecule has 2 aromatic carbocycles. The molecule has 0 unspecified atom stereocenters. The minimum absolute atomic E-state index is 0.196.